The fourth-order valence-electron chi connectivity index (χ4n) is 0.935. The van der Waals surface area contributed by atoms with E-state index in [9.17, 15) is 4.79 Å². The third-order valence-electron chi connectivity index (χ3n) is 1.69. The van der Waals surface area contributed by atoms with Crippen LogP contribution >= 0.6 is 11.6 Å². The summed E-state index contributed by atoms with van der Waals surface area (Å²) in [5, 5.41) is 0.382. The van der Waals surface area contributed by atoms with E-state index in [0.29, 0.717) is 16.5 Å². The van der Waals surface area contributed by atoms with Crippen LogP contribution in [0.3, 0.4) is 0 Å². The van der Waals surface area contributed by atoms with Gasteiger partial charge in [-0.1, -0.05) is 23.4 Å². The molecule has 1 rings (SSSR count). The van der Waals surface area contributed by atoms with Gasteiger partial charge in [0.15, 0.2) is 0 Å². The lowest BCUT2D eigenvalue weighted by Crippen LogP contribution is -1.97. The van der Waals surface area contributed by atoms with Gasteiger partial charge >= 0.3 is 5.97 Å². The predicted octanol–water partition coefficient (Wildman–Crippen LogP) is 1.66. The molecule has 1 aromatic heterocycles. The van der Waals surface area contributed by atoms with Crippen molar-refractivity contribution in [2.75, 3.05) is 14.2 Å². The molecule has 1 heterocycles. The smallest absolute Gasteiger partial charge is 0.317 e. The summed E-state index contributed by atoms with van der Waals surface area (Å²) < 4.78 is 9.34. The minimum absolute atomic E-state index is 0.0418. The van der Waals surface area contributed by atoms with Crippen molar-refractivity contribution >= 4 is 17.6 Å². The van der Waals surface area contributed by atoms with Gasteiger partial charge in [-0.15, -0.1) is 0 Å². The molecule has 0 unspecified atom stereocenters. The van der Waals surface area contributed by atoms with Crippen molar-refractivity contribution in [3.63, 3.8) is 0 Å². The first-order chi connectivity index (χ1) is 7.67. The Kier molecular flexibility index (Phi) is 4.62. The van der Waals surface area contributed by atoms with Gasteiger partial charge in [-0.3, -0.25) is 4.79 Å². The second kappa shape index (κ2) is 5.99. The van der Waals surface area contributed by atoms with Crippen molar-refractivity contribution in [1.29, 1.82) is 0 Å². The molecule has 0 radical (unpaired) electrons. The summed E-state index contributed by atoms with van der Waals surface area (Å²) in [7, 11) is 2.80. The number of nitrogens with zero attached hydrogens (tertiary/aromatic N) is 1. The second-order valence-electron chi connectivity index (χ2n) is 2.77. The van der Waals surface area contributed by atoms with Gasteiger partial charge in [0.25, 0.3) is 0 Å². The standard InChI is InChI=1S/C11H10ClNO3/c1-15-10(14)5-3-4-8-6-9(12)11(16-2)13-7-8/h6-7H,5H2,1-2H3. The first kappa shape index (κ1) is 12.3. The Morgan fingerprint density at radius 1 is 1.56 bits per heavy atom. The summed E-state index contributed by atoms with van der Waals surface area (Å²) in [5.74, 6) is 5.37. The SMILES string of the molecule is COC(=O)CC#Cc1cnc(OC)c(Cl)c1. The molecule has 0 spiro atoms. The van der Waals surface area contributed by atoms with Crippen LogP contribution in [-0.2, 0) is 9.53 Å². The Labute approximate surface area is 98.5 Å². The third-order valence-corrected chi connectivity index (χ3v) is 1.96. The molecule has 84 valence electrons. The monoisotopic (exact) mass is 239 g/mol. The van der Waals surface area contributed by atoms with Gasteiger partial charge in [-0.25, -0.2) is 4.98 Å². The van der Waals surface area contributed by atoms with Crippen LogP contribution in [0.15, 0.2) is 12.3 Å². The first-order valence-electron chi connectivity index (χ1n) is 4.42. The number of esters is 1. The number of aromatic nitrogens is 1. The highest BCUT2D eigenvalue weighted by molar-refractivity contribution is 6.31. The topological polar surface area (TPSA) is 48.4 Å². The number of carbonyl (C=O) groups excluding carboxylic acids is 1. The quantitative estimate of drug-likeness (QED) is 0.582. The van der Waals surface area contributed by atoms with Crippen molar-refractivity contribution in [2.24, 2.45) is 0 Å². The summed E-state index contributed by atoms with van der Waals surface area (Å²) in [5.41, 5.74) is 0.620. The maximum absolute atomic E-state index is 10.8. The fraction of sp³-hybridized carbons (Fsp3) is 0.273. The van der Waals surface area contributed by atoms with Gasteiger partial charge in [0.05, 0.1) is 14.2 Å². The van der Waals surface area contributed by atoms with Crippen LogP contribution in [0.5, 0.6) is 5.88 Å². The summed E-state index contributed by atoms with van der Waals surface area (Å²) in [6, 6.07) is 1.62. The summed E-state index contributed by atoms with van der Waals surface area (Å²) in [4.78, 5) is 14.7. The van der Waals surface area contributed by atoms with Crippen LogP contribution in [0, 0.1) is 11.8 Å². The molecule has 0 saturated heterocycles. The minimum atomic E-state index is -0.375. The van der Waals surface area contributed by atoms with Gasteiger partial charge in [-0.2, -0.15) is 0 Å². The van der Waals surface area contributed by atoms with E-state index in [1.165, 1.54) is 20.4 Å². The predicted molar refractivity (Wildman–Crippen MR) is 59.3 cm³/mol. The van der Waals surface area contributed by atoms with E-state index >= 15 is 0 Å². The van der Waals surface area contributed by atoms with Crippen LogP contribution in [-0.4, -0.2) is 25.2 Å². The molecule has 0 N–H and O–H groups in total. The number of halogens is 1. The molecule has 0 aliphatic carbocycles. The zero-order valence-corrected chi connectivity index (χ0v) is 9.67. The van der Waals surface area contributed by atoms with Crippen LogP contribution in [0.4, 0.5) is 0 Å². The molecule has 0 aromatic carbocycles. The van der Waals surface area contributed by atoms with Crippen LogP contribution in [0.25, 0.3) is 0 Å². The largest absolute Gasteiger partial charge is 0.480 e. The number of ether oxygens (including phenoxy) is 2. The fourth-order valence-corrected chi connectivity index (χ4v) is 1.18. The van der Waals surface area contributed by atoms with Gasteiger partial charge < -0.3 is 9.47 Å². The molecular formula is C11H10ClNO3. The van der Waals surface area contributed by atoms with Gasteiger partial charge in [0.2, 0.25) is 5.88 Å². The van der Waals surface area contributed by atoms with E-state index in [4.69, 9.17) is 16.3 Å². The normalized spacial score (nSPS) is 8.94. The highest BCUT2D eigenvalue weighted by atomic mass is 35.5. The molecule has 0 amide bonds. The van der Waals surface area contributed by atoms with E-state index in [-0.39, 0.29) is 12.4 Å². The Balaban J connectivity index is 2.75. The van der Waals surface area contributed by atoms with Crippen LogP contribution in [0.1, 0.15) is 12.0 Å². The molecule has 4 nitrogen and oxygen atoms in total. The molecule has 0 atom stereocenters. The summed E-state index contributed by atoms with van der Waals surface area (Å²) in [6.45, 7) is 0. The molecule has 0 saturated carbocycles. The lowest BCUT2D eigenvalue weighted by Gasteiger charge is -2.00. The summed E-state index contributed by atoms with van der Waals surface area (Å²) >= 11 is 5.85. The molecule has 0 fully saturated rings. The van der Waals surface area contributed by atoms with Crippen molar-refractivity contribution in [3.05, 3.63) is 22.8 Å². The lowest BCUT2D eigenvalue weighted by molar-refractivity contribution is -0.139. The number of methoxy groups -OCH3 is 2. The number of pyridine rings is 1. The van der Waals surface area contributed by atoms with E-state index < -0.39 is 0 Å². The third kappa shape index (κ3) is 3.44. The second-order valence-corrected chi connectivity index (χ2v) is 3.18. The Morgan fingerprint density at radius 3 is 2.88 bits per heavy atom. The molecule has 0 aliphatic heterocycles. The van der Waals surface area contributed by atoms with Gasteiger partial charge in [-0.05, 0) is 6.07 Å². The summed E-state index contributed by atoms with van der Waals surface area (Å²) in [6.07, 6.45) is 1.56. The zero-order chi connectivity index (χ0) is 12.0. The van der Waals surface area contributed by atoms with E-state index in [1.54, 1.807) is 6.07 Å². The molecule has 5 heteroatoms. The molecule has 0 aliphatic rings. The lowest BCUT2D eigenvalue weighted by atomic mass is 10.3. The van der Waals surface area contributed by atoms with Crippen molar-refractivity contribution in [2.45, 2.75) is 6.42 Å². The average Bonchev–Trinajstić information content (AvgIpc) is 2.29. The first-order valence-corrected chi connectivity index (χ1v) is 4.80. The highest BCUT2D eigenvalue weighted by Gasteiger charge is 2.01. The van der Waals surface area contributed by atoms with Crippen molar-refractivity contribution in [1.82, 2.24) is 4.98 Å². The van der Waals surface area contributed by atoms with E-state index in [2.05, 4.69) is 21.6 Å². The highest BCUT2D eigenvalue weighted by Crippen LogP contribution is 2.21. The number of carbonyl (C=O) groups is 1. The van der Waals surface area contributed by atoms with Gasteiger partial charge in [0, 0.05) is 11.8 Å². The van der Waals surface area contributed by atoms with E-state index in [0.717, 1.165) is 0 Å². The average molecular weight is 240 g/mol. The molecule has 1 aromatic rings. The zero-order valence-electron chi connectivity index (χ0n) is 8.91. The number of rotatable bonds is 2. The van der Waals surface area contributed by atoms with E-state index in [1.807, 2.05) is 0 Å². The maximum atomic E-state index is 10.8. The van der Waals surface area contributed by atoms with Gasteiger partial charge in [0.1, 0.15) is 11.4 Å². The molecular weight excluding hydrogens is 230 g/mol. The Morgan fingerprint density at radius 2 is 2.31 bits per heavy atom. The van der Waals surface area contributed by atoms with Crippen LogP contribution in [0.2, 0.25) is 5.02 Å². The number of hydrogen-bond donors (Lipinski definition) is 0. The van der Waals surface area contributed by atoms with Crippen molar-refractivity contribution in [3.8, 4) is 17.7 Å². The van der Waals surface area contributed by atoms with Crippen LogP contribution < -0.4 is 4.74 Å². The van der Waals surface area contributed by atoms with Crippen molar-refractivity contribution < 1.29 is 14.3 Å². The maximum Gasteiger partial charge on any atom is 0.317 e. The Hall–Kier alpha value is -1.73. The minimum Gasteiger partial charge on any atom is -0.480 e. The number of hydrogen-bond acceptors (Lipinski definition) is 4. The molecule has 0 bridgehead atoms. The molecule has 16 heavy (non-hydrogen) atoms. The Bertz CT molecular complexity index is 448.